The Morgan fingerprint density at radius 3 is 3.05 bits per heavy atom. The standard InChI is InChI=1S/C14H11ClFN3O/c15-11-3-1-2-9(14(11)16)6-13(20)10-7-18-19-5-4-17-8-12(10)19/h1-5,7-8,13,20H,6H2. The molecule has 0 saturated carbocycles. The Labute approximate surface area is 119 Å². The van der Waals surface area contributed by atoms with Gasteiger partial charge in [0, 0.05) is 24.4 Å². The molecule has 4 nitrogen and oxygen atoms in total. The van der Waals surface area contributed by atoms with Crippen molar-refractivity contribution in [3.05, 3.63) is 65.0 Å². The number of aliphatic hydroxyl groups excluding tert-OH is 1. The van der Waals surface area contributed by atoms with Gasteiger partial charge in [0.25, 0.3) is 0 Å². The van der Waals surface area contributed by atoms with Crippen molar-refractivity contribution < 1.29 is 9.50 Å². The molecule has 2 heterocycles. The first kappa shape index (κ1) is 13.0. The van der Waals surface area contributed by atoms with Crippen LogP contribution in [0.1, 0.15) is 17.2 Å². The van der Waals surface area contributed by atoms with Crippen LogP contribution in [0.5, 0.6) is 0 Å². The van der Waals surface area contributed by atoms with Crippen LogP contribution >= 0.6 is 11.6 Å². The van der Waals surface area contributed by atoms with Crippen molar-refractivity contribution >= 4 is 17.1 Å². The lowest BCUT2D eigenvalue weighted by molar-refractivity contribution is 0.178. The summed E-state index contributed by atoms with van der Waals surface area (Å²) in [6.07, 6.45) is 5.72. The van der Waals surface area contributed by atoms with E-state index in [-0.39, 0.29) is 11.4 Å². The molecule has 0 spiro atoms. The fraction of sp³-hybridized carbons (Fsp3) is 0.143. The van der Waals surface area contributed by atoms with Crippen molar-refractivity contribution in [3.8, 4) is 0 Å². The molecule has 0 fully saturated rings. The predicted octanol–water partition coefficient (Wildman–Crippen LogP) is 2.80. The molecule has 1 unspecified atom stereocenters. The predicted molar refractivity (Wildman–Crippen MR) is 73.1 cm³/mol. The van der Waals surface area contributed by atoms with E-state index in [1.54, 1.807) is 41.4 Å². The van der Waals surface area contributed by atoms with E-state index in [4.69, 9.17) is 11.6 Å². The highest BCUT2D eigenvalue weighted by Crippen LogP contribution is 2.25. The topological polar surface area (TPSA) is 50.4 Å². The van der Waals surface area contributed by atoms with Gasteiger partial charge in [0.1, 0.15) is 5.82 Å². The van der Waals surface area contributed by atoms with E-state index in [0.29, 0.717) is 16.6 Å². The molecule has 1 aromatic carbocycles. The van der Waals surface area contributed by atoms with E-state index in [0.717, 1.165) is 0 Å². The van der Waals surface area contributed by atoms with Crippen LogP contribution in [0.15, 0.2) is 43.0 Å². The van der Waals surface area contributed by atoms with Crippen molar-refractivity contribution in [2.24, 2.45) is 0 Å². The highest BCUT2D eigenvalue weighted by Gasteiger charge is 2.17. The zero-order valence-electron chi connectivity index (χ0n) is 10.4. The third-order valence-corrected chi connectivity index (χ3v) is 3.45. The molecule has 0 saturated heterocycles. The fourth-order valence-corrected chi connectivity index (χ4v) is 2.33. The molecular weight excluding hydrogens is 281 g/mol. The number of nitrogens with zero attached hydrogens (tertiary/aromatic N) is 3. The van der Waals surface area contributed by atoms with Crippen molar-refractivity contribution in [3.63, 3.8) is 0 Å². The minimum atomic E-state index is -0.871. The number of aromatic nitrogens is 3. The summed E-state index contributed by atoms with van der Waals surface area (Å²) in [5.41, 5.74) is 1.67. The molecule has 0 aliphatic carbocycles. The minimum absolute atomic E-state index is 0.0521. The summed E-state index contributed by atoms with van der Waals surface area (Å²) >= 11 is 5.73. The van der Waals surface area contributed by atoms with Gasteiger partial charge in [-0.3, -0.25) is 4.98 Å². The molecule has 0 amide bonds. The zero-order chi connectivity index (χ0) is 14.1. The second kappa shape index (κ2) is 5.19. The summed E-state index contributed by atoms with van der Waals surface area (Å²) in [6.45, 7) is 0. The summed E-state index contributed by atoms with van der Waals surface area (Å²) < 4.78 is 15.5. The Hall–Kier alpha value is -1.98. The van der Waals surface area contributed by atoms with Crippen LogP contribution in [-0.4, -0.2) is 19.7 Å². The molecular formula is C14H11ClFN3O. The van der Waals surface area contributed by atoms with Crippen molar-refractivity contribution in [1.82, 2.24) is 14.6 Å². The molecule has 0 radical (unpaired) electrons. The van der Waals surface area contributed by atoms with Gasteiger partial charge in [0.2, 0.25) is 0 Å². The first-order valence-electron chi connectivity index (χ1n) is 6.05. The first-order chi connectivity index (χ1) is 9.66. The van der Waals surface area contributed by atoms with Gasteiger partial charge in [-0.15, -0.1) is 0 Å². The molecule has 0 aliphatic rings. The van der Waals surface area contributed by atoms with Crippen LogP contribution in [0.4, 0.5) is 4.39 Å². The third-order valence-electron chi connectivity index (χ3n) is 3.16. The Morgan fingerprint density at radius 1 is 1.35 bits per heavy atom. The quantitative estimate of drug-likeness (QED) is 0.807. The van der Waals surface area contributed by atoms with E-state index in [1.807, 2.05) is 0 Å². The van der Waals surface area contributed by atoms with Crippen LogP contribution in [0.2, 0.25) is 5.02 Å². The Bertz CT molecular complexity index is 759. The van der Waals surface area contributed by atoms with Gasteiger partial charge in [-0.1, -0.05) is 23.7 Å². The van der Waals surface area contributed by atoms with Gasteiger partial charge in [0.05, 0.1) is 29.0 Å². The molecule has 3 aromatic rings. The van der Waals surface area contributed by atoms with Gasteiger partial charge in [-0.05, 0) is 11.6 Å². The van der Waals surface area contributed by atoms with Gasteiger partial charge < -0.3 is 5.11 Å². The van der Waals surface area contributed by atoms with E-state index in [9.17, 15) is 9.50 Å². The molecule has 0 aliphatic heterocycles. The lowest BCUT2D eigenvalue weighted by atomic mass is 10.0. The molecule has 6 heteroatoms. The number of hydrogen-bond acceptors (Lipinski definition) is 3. The van der Waals surface area contributed by atoms with Crippen LogP contribution in [0, 0.1) is 5.82 Å². The van der Waals surface area contributed by atoms with E-state index < -0.39 is 11.9 Å². The average Bonchev–Trinajstić information content (AvgIpc) is 2.88. The first-order valence-corrected chi connectivity index (χ1v) is 6.43. The van der Waals surface area contributed by atoms with Gasteiger partial charge >= 0.3 is 0 Å². The van der Waals surface area contributed by atoms with E-state index in [2.05, 4.69) is 10.1 Å². The lowest BCUT2D eigenvalue weighted by Crippen LogP contribution is -2.03. The maximum absolute atomic E-state index is 13.8. The van der Waals surface area contributed by atoms with Crippen molar-refractivity contribution in [1.29, 1.82) is 0 Å². The smallest absolute Gasteiger partial charge is 0.145 e. The largest absolute Gasteiger partial charge is 0.388 e. The molecule has 2 aromatic heterocycles. The van der Waals surface area contributed by atoms with Gasteiger partial charge in [0.15, 0.2) is 0 Å². The Morgan fingerprint density at radius 2 is 2.20 bits per heavy atom. The van der Waals surface area contributed by atoms with Crippen molar-refractivity contribution in [2.75, 3.05) is 0 Å². The third kappa shape index (κ3) is 2.26. The fourth-order valence-electron chi connectivity index (χ4n) is 2.13. The number of aliphatic hydroxyl groups is 1. The van der Waals surface area contributed by atoms with E-state index >= 15 is 0 Å². The maximum atomic E-state index is 13.8. The van der Waals surface area contributed by atoms with Gasteiger partial charge in [-0.25, -0.2) is 8.91 Å². The minimum Gasteiger partial charge on any atom is -0.388 e. The monoisotopic (exact) mass is 291 g/mol. The zero-order valence-corrected chi connectivity index (χ0v) is 11.1. The second-order valence-electron chi connectivity index (χ2n) is 4.44. The summed E-state index contributed by atoms with van der Waals surface area (Å²) in [4.78, 5) is 4.00. The molecule has 20 heavy (non-hydrogen) atoms. The molecule has 3 rings (SSSR count). The summed E-state index contributed by atoms with van der Waals surface area (Å²) in [5, 5.41) is 14.5. The Balaban J connectivity index is 1.93. The van der Waals surface area contributed by atoms with Crippen molar-refractivity contribution in [2.45, 2.75) is 12.5 Å². The highest BCUT2D eigenvalue weighted by molar-refractivity contribution is 6.30. The maximum Gasteiger partial charge on any atom is 0.145 e. The number of halogens is 2. The number of rotatable bonds is 3. The molecule has 0 bridgehead atoms. The number of benzene rings is 1. The van der Waals surface area contributed by atoms with E-state index in [1.165, 1.54) is 6.07 Å². The Kier molecular flexibility index (Phi) is 3.38. The molecule has 1 N–H and O–H groups in total. The highest BCUT2D eigenvalue weighted by atomic mass is 35.5. The summed E-state index contributed by atoms with van der Waals surface area (Å²) in [5.74, 6) is -0.497. The molecule has 102 valence electrons. The SMILES string of the molecule is OC(Cc1cccc(Cl)c1F)c1cnn2ccncc12. The molecule has 1 atom stereocenters. The summed E-state index contributed by atoms with van der Waals surface area (Å²) in [7, 11) is 0. The average molecular weight is 292 g/mol. The summed E-state index contributed by atoms with van der Waals surface area (Å²) in [6, 6.07) is 4.74. The normalized spacial score (nSPS) is 12.8. The van der Waals surface area contributed by atoms with Crippen LogP contribution in [-0.2, 0) is 6.42 Å². The van der Waals surface area contributed by atoms with Crippen LogP contribution < -0.4 is 0 Å². The number of hydrogen-bond donors (Lipinski definition) is 1. The van der Waals surface area contributed by atoms with Crippen LogP contribution in [0.25, 0.3) is 5.52 Å². The second-order valence-corrected chi connectivity index (χ2v) is 4.85. The number of fused-ring (bicyclic) bond motifs is 1. The van der Waals surface area contributed by atoms with Gasteiger partial charge in [-0.2, -0.15) is 5.10 Å². The van der Waals surface area contributed by atoms with Crippen LogP contribution in [0.3, 0.4) is 0 Å². The lowest BCUT2D eigenvalue weighted by Gasteiger charge is -2.10.